The molecule has 0 bridgehead atoms. The van der Waals surface area contributed by atoms with E-state index in [1.54, 1.807) is 12.3 Å². The third kappa shape index (κ3) is 5.63. The van der Waals surface area contributed by atoms with Crippen molar-refractivity contribution in [3.63, 3.8) is 0 Å². The molecule has 27 heavy (non-hydrogen) atoms. The van der Waals surface area contributed by atoms with Crippen LogP contribution in [0.25, 0.3) is 0 Å². The van der Waals surface area contributed by atoms with Crippen molar-refractivity contribution in [2.24, 2.45) is 0 Å². The summed E-state index contributed by atoms with van der Waals surface area (Å²) in [5, 5.41) is 13.5. The van der Waals surface area contributed by atoms with Crippen LogP contribution in [0.5, 0.6) is 0 Å². The number of carbonyl (C=O) groups excluding carboxylic acids is 2. The van der Waals surface area contributed by atoms with Crippen LogP contribution in [0.4, 0.5) is 11.5 Å². The number of pyridine rings is 1. The summed E-state index contributed by atoms with van der Waals surface area (Å²) >= 11 is 15.1. The topological polar surface area (TPSA) is 94.9 Å². The van der Waals surface area contributed by atoms with Gasteiger partial charge in [0.05, 0.1) is 15.3 Å². The molecule has 0 saturated carbocycles. The van der Waals surface area contributed by atoms with Crippen LogP contribution in [0, 0.1) is 12.3 Å². The van der Waals surface area contributed by atoms with E-state index in [1.165, 1.54) is 25.1 Å². The molecular weight excluding hydrogens is 455 g/mol. The molecule has 0 unspecified atom stereocenters. The molecule has 0 fully saturated rings. The molecule has 2 aromatic rings. The van der Waals surface area contributed by atoms with Crippen LogP contribution < -0.4 is 10.6 Å². The molecule has 0 saturated heterocycles. The quantitative estimate of drug-likeness (QED) is 0.307. The number of hydrogen-bond acceptors (Lipinski definition) is 5. The number of halogens is 3. The Hall–Kier alpha value is -2.22. The van der Waals surface area contributed by atoms with Gasteiger partial charge in [0.1, 0.15) is 11.5 Å². The highest BCUT2D eigenvalue weighted by molar-refractivity contribution is 9.18. The highest BCUT2D eigenvalue weighted by Gasteiger charge is 2.19. The molecular formula is C18H15BrCl2N4O2. The second-order valence-corrected chi connectivity index (χ2v) is 7.22. The minimum absolute atomic E-state index is 0.0253. The molecule has 3 N–H and O–H groups in total. The smallest absolute Gasteiger partial charge is 0.272 e. The van der Waals surface area contributed by atoms with Crippen LogP contribution >= 0.6 is 39.1 Å². The minimum Gasteiger partial charge on any atom is -0.335 e. The molecule has 0 atom stereocenters. The van der Waals surface area contributed by atoms with Crippen LogP contribution in [0.2, 0.25) is 10.0 Å². The number of nitrogens with one attached hydrogen (secondary N) is 3. The van der Waals surface area contributed by atoms with Crippen LogP contribution in [0.3, 0.4) is 0 Å². The molecule has 0 aliphatic heterocycles. The van der Waals surface area contributed by atoms with Gasteiger partial charge in [-0.25, -0.2) is 4.98 Å². The first-order valence-corrected chi connectivity index (χ1v) is 9.19. The lowest BCUT2D eigenvalue weighted by molar-refractivity contribution is -0.112. The summed E-state index contributed by atoms with van der Waals surface area (Å²) in [7, 11) is 0. The second-order valence-electron chi connectivity index (χ2n) is 5.52. The van der Waals surface area contributed by atoms with Crippen molar-refractivity contribution in [3.8, 4) is 0 Å². The largest absolute Gasteiger partial charge is 0.335 e. The van der Waals surface area contributed by atoms with Crippen LogP contribution in [-0.2, 0) is 4.79 Å². The summed E-state index contributed by atoms with van der Waals surface area (Å²) < 4.78 is -0.0253. The Morgan fingerprint density at radius 3 is 2.56 bits per heavy atom. The average molecular weight is 470 g/mol. The Labute approximate surface area is 174 Å². The van der Waals surface area contributed by atoms with E-state index in [2.05, 4.69) is 31.5 Å². The van der Waals surface area contributed by atoms with E-state index in [9.17, 15) is 9.59 Å². The Balaban J connectivity index is 2.40. The summed E-state index contributed by atoms with van der Waals surface area (Å²) in [6.07, 6.45) is 2.86. The predicted octanol–water partition coefficient (Wildman–Crippen LogP) is 5.21. The lowest BCUT2D eigenvalue weighted by atomic mass is 10.1. The zero-order valence-electron chi connectivity index (χ0n) is 14.4. The number of amides is 1. The first-order valence-electron chi connectivity index (χ1n) is 7.64. The van der Waals surface area contributed by atoms with Crippen molar-refractivity contribution in [3.05, 3.63) is 63.4 Å². The molecule has 2 rings (SSSR count). The number of anilines is 2. The predicted molar refractivity (Wildman–Crippen MR) is 112 cm³/mol. The maximum absolute atomic E-state index is 12.8. The van der Waals surface area contributed by atoms with Crippen molar-refractivity contribution in [1.29, 1.82) is 5.41 Å². The molecule has 1 aromatic heterocycles. The number of ketones is 1. The van der Waals surface area contributed by atoms with Gasteiger partial charge in [-0.15, -0.1) is 0 Å². The molecule has 0 aliphatic carbocycles. The van der Waals surface area contributed by atoms with Gasteiger partial charge in [0.2, 0.25) is 0 Å². The molecule has 140 valence electrons. The van der Waals surface area contributed by atoms with Gasteiger partial charge in [0.15, 0.2) is 5.78 Å². The van der Waals surface area contributed by atoms with Crippen LogP contribution in [0.1, 0.15) is 22.8 Å². The van der Waals surface area contributed by atoms with Gasteiger partial charge >= 0.3 is 0 Å². The summed E-state index contributed by atoms with van der Waals surface area (Å²) in [5.74, 6) is -0.445. The highest BCUT2D eigenvalue weighted by Crippen LogP contribution is 2.31. The first kappa shape index (κ1) is 21.1. The summed E-state index contributed by atoms with van der Waals surface area (Å²) in [5.41, 5.74) is 1.18. The van der Waals surface area contributed by atoms with E-state index in [0.717, 1.165) is 5.56 Å². The van der Waals surface area contributed by atoms with Crippen LogP contribution in [0.15, 0.2) is 42.2 Å². The SMILES string of the molecule is CC(=O)c1cc(Cl)cc(Cl)c1NC(=O)/C(=C/C(=N)Br)Nc1ncccc1C. The normalized spacial score (nSPS) is 11.1. The minimum atomic E-state index is -0.601. The van der Waals surface area contributed by atoms with Gasteiger partial charge in [0.25, 0.3) is 5.91 Å². The van der Waals surface area contributed by atoms with Crippen molar-refractivity contribution >= 4 is 66.9 Å². The molecule has 0 aliphatic rings. The maximum atomic E-state index is 12.8. The molecule has 6 nitrogen and oxygen atoms in total. The fraction of sp³-hybridized carbons (Fsp3) is 0.111. The number of hydrogen-bond donors (Lipinski definition) is 3. The van der Waals surface area contributed by atoms with Gasteiger partial charge in [-0.1, -0.05) is 29.3 Å². The monoisotopic (exact) mass is 468 g/mol. The second kappa shape index (κ2) is 9.12. The van der Waals surface area contributed by atoms with Gasteiger partial charge < -0.3 is 10.6 Å². The van der Waals surface area contributed by atoms with Crippen molar-refractivity contribution in [2.45, 2.75) is 13.8 Å². The van der Waals surface area contributed by atoms with E-state index in [4.69, 9.17) is 28.6 Å². The molecule has 0 spiro atoms. The average Bonchev–Trinajstić information content (AvgIpc) is 2.57. The lowest BCUT2D eigenvalue weighted by Crippen LogP contribution is -2.22. The number of carbonyl (C=O) groups is 2. The van der Waals surface area contributed by atoms with Crippen molar-refractivity contribution in [1.82, 2.24) is 4.98 Å². The third-order valence-corrected chi connectivity index (χ3v) is 4.20. The number of benzene rings is 1. The van der Waals surface area contributed by atoms with E-state index in [0.29, 0.717) is 5.82 Å². The maximum Gasteiger partial charge on any atom is 0.272 e. The molecule has 1 amide bonds. The third-order valence-electron chi connectivity index (χ3n) is 3.45. The molecule has 9 heteroatoms. The summed E-state index contributed by atoms with van der Waals surface area (Å²) in [6, 6.07) is 6.45. The fourth-order valence-electron chi connectivity index (χ4n) is 2.19. The van der Waals surface area contributed by atoms with Crippen molar-refractivity contribution in [2.75, 3.05) is 10.6 Å². The number of Topliss-reactive ketones (excluding diaryl/α,β-unsaturated/α-hetero) is 1. The Bertz CT molecular complexity index is 960. The van der Waals surface area contributed by atoms with Gasteiger partial charge in [0, 0.05) is 16.8 Å². The number of aryl methyl sites for hydroxylation is 1. The standard InChI is InChI=1S/C18H15BrCl2N4O2/c1-9-4-3-5-23-17(9)24-14(8-15(19)22)18(27)25-16-12(10(2)26)6-11(20)7-13(16)21/h3-8,22H,1-2H3,(H,23,24)(H,25,27)/b14-8-,22-15?. The van der Waals surface area contributed by atoms with Crippen molar-refractivity contribution < 1.29 is 9.59 Å². The zero-order chi connectivity index (χ0) is 20.1. The first-order chi connectivity index (χ1) is 12.7. The molecule has 1 aromatic carbocycles. The van der Waals surface area contributed by atoms with E-state index >= 15 is 0 Å². The van der Waals surface area contributed by atoms with E-state index in [-0.39, 0.29) is 37.4 Å². The zero-order valence-corrected chi connectivity index (χ0v) is 17.5. The Morgan fingerprint density at radius 1 is 1.26 bits per heavy atom. The Morgan fingerprint density at radius 2 is 1.96 bits per heavy atom. The lowest BCUT2D eigenvalue weighted by Gasteiger charge is -2.15. The summed E-state index contributed by atoms with van der Waals surface area (Å²) in [6.45, 7) is 3.17. The number of rotatable bonds is 6. The Kier molecular flexibility index (Phi) is 7.12. The number of aromatic nitrogens is 1. The van der Waals surface area contributed by atoms with E-state index < -0.39 is 5.91 Å². The number of nitrogens with zero attached hydrogens (tertiary/aromatic N) is 1. The summed E-state index contributed by atoms with van der Waals surface area (Å²) in [4.78, 5) is 28.8. The number of allylic oxidation sites excluding steroid dienone is 1. The van der Waals surface area contributed by atoms with Crippen LogP contribution in [-0.4, -0.2) is 21.3 Å². The van der Waals surface area contributed by atoms with E-state index in [1.807, 2.05) is 13.0 Å². The highest BCUT2D eigenvalue weighted by atomic mass is 79.9. The van der Waals surface area contributed by atoms with Gasteiger partial charge in [-0.2, -0.15) is 0 Å². The molecule has 0 radical (unpaired) electrons. The van der Waals surface area contributed by atoms with Gasteiger partial charge in [-0.3, -0.25) is 15.0 Å². The molecule has 1 heterocycles. The van der Waals surface area contributed by atoms with Gasteiger partial charge in [-0.05, 0) is 59.6 Å². The fourth-order valence-corrected chi connectivity index (χ4v) is 2.96.